The predicted molar refractivity (Wildman–Crippen MR) is 136 cm³/mol. The fourth-order valence-corrected chi connectivity index (χ4v) is 4.34. The zero-order chi connectivity index (χ0) is 23.9. The number of amides is 1. The van der Waals surface area contributed by atoms with E-state index in [2.05, 4.69) is 22.1 Å². The van der Waals surface area contributed by atoms with E-state index < -0.39 is 0 Å². The average Bonchev–Trinajstić information content (AvgIpc) is 3.23. The molecule has 4 rings (SSSR count). The number of hydrogen-bond donors (Lipinski definition) is 1. The highest BCUT2D eigenvalue weighted by Gasteiger charge is 2.16. The minimum absolute atomic E-state index is 0.134. The van der Waals surface area contributed by atoms with E-state index in [1.165, 1.54) is 18.9 Å². The second kappa shape index (κ2) is 11.1. The highest BCUT2D eigenvalue weighted by atomic mass is 35.5. The van der Waals surface area contributed by atoms with Crippen LogP contribution in [0.15, 0.2) is 78.5 Å². The number of hydrogen-bond acceptors (Lipinski definition) is 6. The second-order valence-corrected chi connectivity index (χ2v) is 8.62. The molecule has 0 atom stereocenters. The van der Waals surface area contributed by atoms with Crippen molar-refractivity contribution in [1.29, 1.82) is 0 Å². The highest BCUT2D eigenvalue weighted by Crippen LogP contribution is 2.29. The molecule has 4 aromatic rings. The van der Waals surface area contributed by atoms with Gasteiger partial charge in [-0.3, -0.25) is 9.36 Å². The van der Waals surface area contributed by atoms with Crippen LogP contribution in [0.25, 0.3) is 10.8 Å². The average molecular weight is 495 g/mol. The number of benzene rings is 3. The summed E-state index contributed by atoms with van der Waals surface area (Å²) < 4.78 is 13.2. The summed E-state index contributed by atoms with van der Waals surface area (Å²) in [6.45, 7) is 4.55. The Morgan fingerprint density at radius 1 is 1.15 bits per heavy atom. The van der Waals surface area contributed by atoms with Crippen molar-refractivity contribution in [3.8, 4) is 11.5 Å². The van der Waals surface area contributed by atoms with Crippen molar-refractivity contribution < 1.29 is 14.3 Å². The van der Waals surface area contributed by atoms with Crippen LogP contribution in [0, 0.1) is 0 Å². The molecule has 34 heavy (non-hydrogen) atoms. The largest absolute Gasteiger partial charge is 0.495 e. The molecular formula is C25H23ClN4O3S. The van der Waals surface area contributed by atoms with Gasteiger partial charge in [0.1, 0.15) is 18.1 Å². The summed E-state index contributed by atoms with van der Waals surface area (Å²) in [5, 5.41) is 14.6. The van der Waals surface area contributed by atoms with Gasteiger partial charge in [-0.25, -0.2) is 0 Å². The number of thioether (sulfide) groups is 1. The summed E-state index contributed by atoms with van der Waals surface area (Å²) in [5.74, 6) is 1.87. The molecule has 0 fully saturated rings. The fraction of sp³-hybridized carbons (Fsp3) is 0.160. The molecule has 0 aliphatic carbocycles. The number of halogens is 1. The molecule has 0 saturated carbocycles. The lowest BCUT2D eigenvalue weighted by Crippen LogP contribution is -2.15. The molecule has 174 valence electrons. The number of anilines is 1. The Hall–Kier alpha value is -3.49. The Bertz CT molecular complexity index is 1320. The Kier molecular flexibility index (Phi) is 7.72. The maximum Gasteiger partial charge on any atom is 0.234 e. The van der Waals surface area contributed by atoms with Gasteiger partial charge in [0.15, 0.2) is 11.0 Å². The van der Waals surface area contributed by atoms with Gasteiger partial charge in [-0.2, -0.15) is 0 Å². The molecule has 1 heterocycles. The molecule has 0 unspecified atom stereocenters. The SMILES string of the molecule is C=CCn1c(COc2cccc3ccccc23)nnc1SCC(=O)Nc1cc(Cl)ccc1OC. The smallest absolute Gasteiger partial charge is 0.234 e. The fourth-order valence-electron chi connectivity index (χ4n) is 3.40. The van der Waals surface area contributed by atoms with Gasteiger partial charge in [-0.15, -0.1) is 16.8 Å². The zero-order valence-corrected chi connectivity index (χ0v) is 20.1. The van der Waals surface area contributed by atoms with Crippen molar-refractivity contribution in [2.24, 2.45) is 0 Å². The number of fused-ring (bicyclic) bond motifs is 1. The van der Waals surface area contributed by atoms with Crippen molar-refractivity contribution in [2.75, 3.05) is 18.2 Å². The monoisotopic (exact) mass is 494 g/mol. The number of ether oxygens (including phenoxy) is 2. The normalized spacial score (nSPS) is 10.8. The van der Waals surface area contributed by atoms with E-state index >= 15 is 0 Å². The molecule has 0 radical (unpaired) electrons. The van der Waals surface area contributed by atoms with Gasteiger partial charge in [-0.1, -0.05) is 65.8 Å². The second-order valence-electron chi connectivity index (χ2n) is 7.25. The Morgan fingerprint density at radius 3 is 2.79 bits per heavy atom. The topological polar surface area (TPSA) is 78.3 Å². The summed E-state index contributed by atoms with van der Waals surface area (Å²) >= 11 is 7.32. The predicted octanol–water partition coefficient (Wildman–Crippen LogP) is 5.59. The lowest BCUT2D eigenvalue weighted by atomic mass is 10.1. The van der Waals surface area contributed by atoms with E-state index in [0.717, 1.165) is 16.5 Å². The summed E-state index contributed by atoms with van der Waals surface area (Å²) in [5.41, 5.74) is 0.511. The maximum absolute atomic E-state index is 12.5. The highest BCUT2D eigenvalue weighted by molar-refractivity contribution is 7.99. The molecule has 9 heteroatoms. The van der Waals surface area contributed by atoms with Crippen LogP contribution in [-0.2, 0) is 17.9 Å². The van der Waals surface area contributed by atoms with Crippen molar-refractivity contribution >= 4 is 45.7 Å². The number of aromatic nitrogens is 3. The van der Waals surface area contributed by atoms with Crippen molar-refractivity contribution in [1.82, 2.24) is 14.8 Å². The van der Waals surface area contributed by atoms with Crippen LogP contribution in [0.1, 0.15) is 5.82 Å². The molecular weight excluding hydrogens is 472 g/mol. The first kappa shape index (κ1) is 23.7. The third-order valence-electron chi connectivity index (χ3n) is 4.98. The molecule has 1 aromatic heterocycles. The van der Waals surface area contributed by atoms with E-state index in [1.807, 2.05) is 47.0 Å². The maximum atomic E-state index is 12.5. The first-order valence-electron chi connectivity index (χ1n) is 10.5. The van der Waals surface area contributed by atoms with Gasteiger partial charge in [-0.05, 0) is 29.7 Å². The van der Waals surface area contributed by atoms with Crippen molar-refractivity contribution in [3.05, 3.63) is 84.2 Å². The van der Waals surface area contributed by atoms with Gasteiger partial charge >= 0.3 is 0 Å². The number of nitrogens with one attached hydrogen (secondary N) is 1. The lowest BCUT2D eigenvalue weighted by molar-refractivity contribution is -0.113. The van der Waals surface area contributed by atoms with Gasteiger partial charge < -0.3 is 14.8 Å². The number of rotatable bonds is 10. The Labute approximate surface area is 206 Å². The van der Waals surface area contributed by atoms with E-state index in [0.29, 0.717) is 34.0 Å². The van der Waals surface area contributed by atoms with Gasteiger partial charge in [0, 0.05) is 17.0 Å². The van der Waals surface area contributed by atoms with Crippen LogP contribution in [0.3, 0.4) is 0 Å². The molecule has 0 aliphatic rings. The first-order valence-corrected chi connectivity index (χ1v) is 11.8. The summed E-state index contributed by atoms with van der Waals surface area (Å²) in [4.78, 5) is 12.5. The summed E-state index contributed by atoms with van der Waals surface area (Å²) in [7, 11) is 1.53. The van der Waals surface area contributed by atoms with E-state index in [4.69, 9.17) is 21.1 Å². The number of carbonyl (C=O) groups is 1. The molecule has 0 bridgehead atoms. The van der Waals surface area contributed by atoms with E-state index in [1.54, 1.807) is 24.3 Å². The number of nitrogens with zero attached hydrogens (tertiary/aromatic N) is 3. The van der Waals surface area contributed by atoms with Crippen LogP contribution in [-0.4, -0.2) is 33.5 Å². The van der Waals surface area contributed by atoms with Crippen molar-refractivity contribution in [3.63, 3.8) is 0 Å². The molecule has 7 nitrogen and oxygen atoms in total. The summed E-state index contributed by atoms with van der Waals surface area (Å²) in [6, 6.07) is 19.0. The number of methoxy groups -OCH3 is 1. The first-order chi connectivity index (χ1) is 16.6. The van der Waals surface area contributed by atoms with Crippen LogP contribution in [0.4, 0.5) is 5.69 Å². The molecule has 0 spiro atoms. The Balaban J connectivity index is 1.43. The number of allylic oxidation sites excluding steroid dienone is 1. The minimum Gasteiger partial charge on any atom is -0.495 e. The molecule has 3 aromatic carbocycles. The van der Waals surface area contributed by atoms with Crippen LogP contribution >= 0.6 is 23.4 Å². The Morgan fingerprint density at radius 2 is 1.97 bits per heavy atom. The van der Waals surface area contributed by atoms with E-state index in [9.17, 15) is 4.79 Å². The van der Waals surface area contributed by atoms with Gasteiger partial charge in [0.05, 0.1) is 18.6 Å². The van der Waals surface area contributed by atoms with Crippen LogP contribution in [0.2, 0.25) is 5.02 Å². The van der Waals surface area contributed by atoms with Gasteiger partial charge in [0.2, 0.25) is 5.91 Å². The molecule has 0 aliphatic heterocycles. The minimum atomic E-state index is -0.215. The lowest BCUT2D eigenvalue weighted by Gasteiger charge is -2.12. The molecule has 1 amide bonds. The van der Waals surface area contributed by atoms with Crippen LogP contribution in [0.5, 0.6) is 11.5 Å². The molecule has 1 N–H and O–H groups in total. The van der Waals surface area contributed by atoms with Gasteiger partial charge in [0.25, 0.3) is 0 Å². The van der Waals surface area contributed by atoms with Crippen LogP contribution < -0.4 is 14.8 Å². The molecule has 0 saturated heterocycles. The van der Waals surface area contributed by atoms with Crippen molar-refractivity contribution in [2.45, 2.75) is 18.3 Å². The standard InChI is InChI=1S/C25H23ClN4O3S/c1-3-13-30-23(15-33-21-10-6-8-17-7-4-5-9-19(17)21)28-29-25(30)34-16-24(31)27-20-14-18(26)11-12-22(20)32-2/h3-12,14H,1,13,15-16H2,2H3,(H,27,31). The van der Waals surface area contributed by atoms with E-state index in [-0.39, 0.29) is 18.3 Å². The summed E-state index contributed by atoms with van der Waals surface area (Å²) in [6.07, 6.45) is 1.76. The third kappa shape index (κ3) is 5.52. The third-order valence-corrected chi connectivity index (χ3v) is 6.18. The number of carbonyl (C=O) groups excluding carboxylic acids is 1. The quantitative estimate of drug-likeness (QED) is 0.229. The zero-order valence-electron chi connectivity index (χ0n) is 18.5.